The summed E-state index contributed by atoms with van der Waals surface area (Å²) in [5.74, 6) is 0.329. The number of rotatable bonds is 4. The fraction of sp³-hybridized carbons (Fsp3) is 0.250. The Bertz CT molecular complexity index is 588. The molecule has 0 aliphatic carbocycles. The first-order valence-corrected chi connectivity index (χ1v) is 5.65. The Balaban J connectivity index is 2.31. The third-order valence-corrected chi connectivity index (χ3v) is 2.67. The van der Waals surface area contributed by atoms with E-state index in [2.05, 4.69) is 15.0 Å². The zero-order valence-electron chi connectivity index (χ0n) is 10.6. The second-order valence-corrected chi connectivity index (χ2v) is 4.11. The third-order valence-electron chi connectivity index (χ3n) is 2.67. The van der Waals surface area contributed by atoms with Gasteiger partial charge in [-0.1, -0.05) is 0 Å². The number of aryl methyl sites for hydroxylation is 1. The van der Waals surface area contributed by atoms with E-state index in [1.807, 2.05) is 0 Å². The van der Waals surface area contributed by atoms with Crippen molar-refractivity contribution in [2.24, 2.45) is 0 Å². The van der Waals surface area contributed by atoms with Gasteiger partial charge in [-0.2, -0.15) is 0 Å². The molecule has 0 N–H and O–H groups in total. The monoisotopic (exact) mass is 259 g/mol. The Kier molecular flexibility index (Phi) is 3.65. The second-order valence-electron chi connectivity index (χ2n) is 4.11. The maximum absolute atomic E-state index is 11.1. The van der Waals surface area contributed by atoms with Gasteiger partial charge in [0.2, 0.25) is 5.82 Å². The van der Waals surface area contributed by atoms with E-state index in [4.69, 9.17) is 0 Å². The van der Waals surface area contributed by atoms with Crippen molar-refractivity contribution in [3.63, 3.8) is 0 Å². The minimum absolute atomic E-state index is 0.0221. The predicted molar refractivity (Wildman–Crippen MR) is 69.8 cm³/mol. The largest absolute Gasteiger partial charge is 0.348 e. The highest BCUT2D eigenvalue weighted by atomic mass is 16.6. The molecule has 0 unspecified atom stereocenters. The molecule has 2 heterocycles. The van der Waals surface area contributed by atoms with Crippen molar-refractivity contribution in [3.05, 3.63) is 52.2 Å². The molecule has 0 aliphatic heterocycles. The van der Waals surface area contributed by atoms with Crippen molar-refractivity contribution >= 4 is 11.5 Å². The van der Waals surface area contributed by atoms with Crippen LogP contribution in [0.15, 0.2) is 30.9 Å². The topological polar surface area (TPSA) is 85.0 Å². The normalized spacial score (nSPS) is 10.2. The highest BCUT2D eigenvalue weighted by Gasteiger charge is 2.21. The molecule has 0 saturated carbocycles. The van der Waals surface area contributed by atoms with Crippen molar-refractivity contribution in [1.29, 1.82) is 0 Å². The number of aromatic nitrogens is 3. The van der Waals surface area contributed by atoms with Gasteiger partial charge in [-0.05, 0) is 13.0 Å². The number of pyridine rings is 1. The number of nitrogens with zero attached hydrogens (tertiary/aromatic N) is 5. The van der Waals surface area contributed by atoms with Crippen molar-refractivity contribution < 1.29 is 4.92 Å². The first kappa shape index (κ1) is 12.9. The van der Waals surface area contributed by atoms with Crippen LogP contribution in [0.3, 0.4) is 0 Å². The molecule has 0 bridgehead atoms. The van der Waals surface area contributed by atoms with E-state index in [1.165, 1.54) is 0 Å². The maximum Gasteiger partial charge on any atom is 0.314 e. The summed E-state index contributed by atoms with van der Waals surface area (Å²) in [6, 6.07) is 1.62. The minimum Gasteiger partial charge on any atom is -0.348 e. The Hall–Kier alpha value is -2.57. The van der Waals surface area contributed by atoms with Crippen molar-refractivity contribution in [1.82, 2.24) is 15.0 Å². The minimum atomic E-state index is -0.412. The molecule has 0 spiro atoms. The quantitative estimate of drug-likeness (QED) is 0.614. The Labute approximate surface area is 110 Å². The van der Waals surface area contributed by atoms with E-state index >= 15 is 0 Å². The van der Waals surface area contributed by atoms with Gasteiger partial charge >= 0.3 is 5.69 Å². The molecular formula is C12H13N5O2. The second kappa shape index (κ2) is 5.38. The standard InChI is InChI=1S/C12H13N5O2/c1-9-3-4-15-12(11(9)17(18)19)16(2)8-10-7-13-5-6-14-10/h3-7H,8H2,1-2H3. The molecule has 19 heavy (non-hydrogen) atoms. The van der Waals surface area contributed by atoms with Gasteiger partial charge in [0, 0.05) is 31.2 Å². The molecule has 0 amide bonds. The zero-order chi connectivity index (χ0) is 13.8. The Morgan fingerprint density at radius 1 is 1.32 bits per heavy atom. The first-order chi connectivity index (χ1) is 9.09. The van der Waals surface area contributed by atoms with Gasteiger partial charge < -0.3 is 4.90 Å². The van der Waals surface area contributed by atoms with Crippen LogP contribution in [0.1, 0.15) is 11.3 Å². The molecule has 0 radical (unpaired) electrons. The number of anilines is 1. The first-order valence-electron chi connectivity index (χ1n) is 5.65. The molecule has 7 nitrogen and oxygen atoms in total. The molecule has 0 aliphatic rings. The maximum atomic E-state index is 11.1. The van der Waals surface area contributed by atoms with Gasteiger partial charge in [0.05, 0.1) is 23.4 Å². The van der Waals surface area contributed by atoms with Crippen LogP contribution in [0.5, 0.6) is 0 Å². The molecule has 2 rings (SSSR count). The SMILES string of the molecule is Cc1ccnc(N(C)Cc2cnccn2)c1[N+](=O)[O-]. The highest BCUT2D eigenvalue weighted by Crippen LogP contribution is 2.28. The Morgan fingerprint density at radius 2 is 2.11 bits per heavy atom. The molecule has 0 fully saturated rings. The lowest BCUT2D eigenvalue weighted by atomic mass is 10.2. The van der Waals surface area contributed by atoms with Crippen LogP contribution in [0, 0.1) is 17.0 Å². The van der Waals surface area contributed by atoms with E-state index in [0.717, 1.165) is 5.69 Å². The van der Waals surface area contributed by atoms with Crippen LogP contribution in [-0.2, 0) is 6.54 Å². The fourth-order valence-electron chi connectivity index (χ4n) is 1.77. The molecule has 0 atom stereocenters. The van der Waals surface area contributed by atoms with Crippen LogP contribution >= 0.6 is 0 Å². The average molecular weight is 259 g/mol. The third kappa shape index (κ3) is 2.82. The zero-order valence-corrected chi connectivity index (χ0v) is 10.6. The molecule has 2 aromatic rings. The molecule has 0 aromatic carbocycles. The highest BCUT2D eigenvalue weighted by molar-refractivity contribution is 5.61. The van der Waals surface area contributed by atoms with Crippen molar-refractivity contribution in [2.45, 2.75) is 13.5 Å². The lowest BCUT2D eigenvalue weighted by molar-refractivity contribution is -0.384. The van der Waals surface area contributed by atoms with E-state index < -0.39 is 4.92 Å². The summed E-state index contributed by atoms with van der Waals surface area (Å²) in [5, 5.41) is 11.1. The van der Waals surface area contributed by atoms with Gasteiger partial charge in [0.25, 0.3) is 0 Å². The van der Waals surface area contributed by atoms with Gasteiger partial charge in [0.1, 0.15) is 0 Å². The summed E-state index contributed by atoms with van der Waals surface area (Å²) in [5.41, 5.74) is 1.33. The van der Waals surface area contributed by atoms with Crippen LogP contribution in [0.2, 0.25) is 0 Å². The molecular weight excluding hydrogens is 246 g/mol. The number of nitro groups is 1. The molecule has 2 aromatic heterocycles. The smallest absolute Gasteiger partial charge is 0.314 e. The van der Waals surface area contributed by atoms with Gasteiger partial charge in [-0.25, -0.2) is 4.98 Å². The molecule has 0 saturated heterocycles. The lowest BCUT2D eigenvalue weighted by Crippen LogP contribution is -2.20. The van der Waals surface area contributed by atoms with Crippen LogP contribution < -0.4 is 4.90 Å². The summed E-state index contributed by atoms with van der Waals surface area (Å²) < 4.78 is 0. The summed E-state index contributed by atoms with van der Waals surface area (Å²) >= 11 is 0. The predicted octanol–water partition coefficient (Wildman–Crippen LogP) is 1.72. The molecule has 7 heteroatoms. The summed E-state index contributed by atoms with van der Waals surface area (Å²) in [4.78, 5) is 24.6. The summed E-state index contributed by atoms with van der Waals surface area (Å²) in [7, 11) is 1.74. The van der Waals surface area contributed by atoms with E-state index in [9.17, 15) is 10.1 Å². The van der Waals surface area contributed by atoms with E-state index in [-0.39, 0.29) is 5.69 Å². The van der Waals surface area contributed by atoms with Crippen LogP contribution in [-0.4, -0.2) is 26.9 Å². The van der Waals surface area contributed by atoms with Crippen molar-refractivity contribution in [3.8, 4) is 0 Å². The number of hydrogen-bond acceptors (Lipinski definition) is 6. The van der Waals surface area contributed by atoms with E-state index in [0.29, 0.717) is 17.9 Å². The average Bonchev–Trinajstić information content (AvgIpc) is 2.39. The van der Waals surface area contributed by atoms with Crippen molar-refractivity contribution in [2.75, 3.05) is 11.9 Å². The fourth-order valence-corrected chi connectivity index (χ4v) is 1.77. The molecule has 98 valence electrons. The van der Waals surface area contributed by atoms with Gasteiger partial charge in [0.15, 0.2) is 0 Å². The van der Waals surface area contributed by atoms with Crippen LogP contribution in [0.4, 0.5) is 11.5 Å². The lowest BCUT2D eigenvalue weighted by Gasteiger charge is -2.17. The summed E-state index contributed by atoms with van der Waals surface area (Å²) in [6.07, 6.45) is 6.35. The Morgan fingerprint density at radius 3 is 2.74 bits per heavy atom. The van der Waals surface area contributed by atoms with E-state index in [1.54, 1.807) is 49.7 Å². The van der Waals surface area contributed by atoms with Gasteiger partial charge in [-0.15, -0.1) is 0 Å². The van der Waals surface area contributed by atoms with Gasteiger partial charge in [-0.3, -0.25) is 20.1 Å². The van der Waals surface area contributed by atoms with Crippen LogP contribution in [0.25, 0.3) is 0 Å². The summed E-state index contributed by atoms with van der Waals surface area (Å²) in [6.45, 7) is 2.10. The number of hydrogen-bond donors (Lipinski definition) is 0.